The molecule has 2 heterocycles. The summed E-state index contributed by atoms with van der Waals surface area (Å²) in [5.41, 5.74) is -0.0150. The van der Waals surface area contributed by atoms with Crippen molar-refractivity contribution >= 4 is 18.4 Å². The summed E-state index contributed by atoms with van der Waals surface area (Å²) in [5.74, 6) is -0.840. The lowest BCUT2D eigenvalue weighted by Crippen LogP contribution is -2.39. The zero-order chi connectivity index (χ0) is 10.2. The van der Waals surface area contributed by atoms with Gasteiger partial charge in [-0.15, -0.1) is 12.4 Å². The van der Waals surface area contributed by atoms with Crippen molar-refractivity contribution in [2.75, 3.05) is 33.4 Å². The second-order valence-corrected chi connectivity index (χ2v) is 4.56. The highest BCUT2D eigenvalue weighted by Gasteiger charge is 2.49. The number of halogens is 1. The summed E-state index contributed by atoms with van der Waals surface area (Å²) in [6.45, 7) is 3.04. The molecule has 0 aromatic carbocycles. The lowest BCUT2D eigenvalue weighted by Gasteiger charge is -2.36. The molecule has 2 fully saturated rings. The molecule has 1 unspecified atom stereocenters. The number of carbonyl (C=O) groups is 1. The zero-order valence-electron chi connectivity index (χ0n) is 8.94. The van der Waals surface area contributed by atoms with Crippen molar-refractivity contribution in [1.82, 2.24) is 4.90 Å². The Morgan fingerprint density at radius 1 is 1.47 bits per heavy atom. The normalized spacial score (nSPS) is 30.1. The number of hydrogen-bond donors (Lipinski definition) is 1. The Morgan fingerprint density at radius 3 is 2.60 bits per heavy atom. The van der Waals surface area contributed by atoms with E-state index in [9.17, 15) is 9.90 Å². The molecular formula is C10H18ClNO3. The van der Waals surface area contributed by atoms with Crippen molar-refractivity contribution < 1.29 is 14.6 Å². The third kappa shape index (κ3) is 2.27. The molecule has 2 aliphatic heterocycles. The number of ether oxygens (including phenoxy) is 1. The van der Waals surface area contributed by atoms with Crippen LogP contribution in [0.15, 0.2) is 0 Å². The third-order valence-corrected chi connectivity index (χ3v) is 3.60. The molecule has 88 valence electrons. The standard InChI is InChI=1S/C10H17NO3.ClH/c1-11-6-8(9(12)13)10(7-11)2-4-14-5-3-10;/h8H,2-7H2,1H3,(H,12,13);1H. The van der Waals surface area contributed by atoms with E-state index in [4.69, 9.17) is 4.74 Å². The van der Waals surface area contributed by atoms with Crippen LogP contribution < -0.4 is 0 Å². The van der Waals surface area contributed by atoms with Crippen LogP contribution in [0.1, 0.15) is 12.8 Å². The van der Waals surface area contributed by atoms with Gasteiger partial charge in [-0.2, -0.15) is 0 Å². The van der Waals surface area contributed by atoms with Gasteiger partial charge in [0.25, 0.3) is 0 Å². The smallest absolute Gasteiger partial charge is 0.308 e. The second kappa shape index (κ2) is 4.68. The van der Waals surface area contributed by atoms with Crippen LogP contribution >= 0.6 is 12.4 Å². The number of carboxylic acids is 1. The minimum atomic E-state index is -0.642. The molecule has 2 rings (SSSR count). The molecule has 4 nitrogen and oxygen atoms in total. The van der Waals surface area contributed by atoms with Gasteiger partial charge in [0.15, 0.2) is 0 Å². The van der Waals surface area contributed by atoms with Crippen molar-refractivity contribution in [3.63, 3.8) is 0 Å². The molecule has 2 saturated heterocycles. The van der Waals surface area contributed by atoms with Gasteiger partial charge in [0.1, 0.15) is 0 Å². The van der Waals surface area contributed by atoms with Crippen LogP contribution in [0.4, 0.5) is 0 Å². The Kier molecular flexibility index (Phi) is 3.98. The molecule has 2 aliphatic rings. The number of carboxylic acid groups (broad SMARTS) is 1. The minimum Gasteiger partial charge on any atom is -0.481 e. The van der Waals surface area contributed by atoms with E-state index in [2.05, 4.69) is 4.90 Å². The fraction of sp³-hybridized carbons (Fsp3) is 0.900. The summed E-state index contributed by atoms with van der Waals surface area (Å²) in [6, 6.07) is 0. The Hall–Kier alpha value is -0.320. The van der Waals surface area contributed by atoms with Crippen LogP contribution in [0.5, 0.6) is 0 Å². The van der Waals surface area contributed by atoms with Crippen LogP contribution in [0.25, 0.3) is 0 Å². The summed E-state index contributed by atoms with van der Waals surface area (Å²) in [6.07, 6.45) is 1.79. The Bertz CT molecular complexity index is 241. The lowest BCUT2D eigenvalue weighted by molar-refractivity contribution is -0.146. The van der Waals surface area contributed by atoms with E-state index >= 15 is 0 Å². The van der Waals surface area contributed by atoms with E-state index in [-0.39, 0.29) is 23.7 Å². The number of likely N-dealkylation sites (tertiary alicyclic amines) is 1. The van der Waals surface area contributed by atoms with Gasteiger partial charge in [0.2, 0.25) is 0 Å². The minimum absolute atomic E-state index is 0. The maximum atomic E-state index is 11.2. The van der Waals surface area contributed by atoms with Gasteiger partial charge >= 0.3 is 5.97 Å². The first-order valence-electron chi connectivity index (χ1n) is 5.13. The molecule has 0 amide bonds. The van der Waals surface area contributed by atoms with Gasteiger partial charge in [-0.25, -0.2) is 0 Å². The van der Waals surface area contributed by atoms with Gasteiger partial charge in [-0.3, -0.25) is 4.79 Å². The molecule has 0 bridgehead atoms. The molecule has 1 spiro atoms. The summed E-state index contributed by atoms with van der Waals surface area (Å²) in [4.78, 5) is 13.3. The SMILES string of the molecule is CN1CC(C(=O)O)C2(CCOCC2)C1.Cl. The van der Waals surface area contributed by atoms with E-state index in [1.807, 2.05) is 7.05 Å². The Balaban J connectivity index is 0.00000112. The van der Waals surface area contributed by atoms with E-state index in [1.165, 1.54) is 0 Å². The maximum Gasteiger partial charge on any atom is 0.308 e. The summed E-state index contributed by atoms with van der Waals surface area (Å²) in [7, 11) is 2.00. The average Bonchev–Trinajstić information content (AvgIpc) is 2.44. The van der Waals surface area contributed by atoms with Crippen LogP contribution in [-0.2, 0) is 9.53 Å². The van der Waals surface area contributed by atoms with Crippen LogP contribution in [-0.4, -0.2) is 49.3 Å². The fourth-order valence-electron chi connectivity index (χ4n) is 2.84. The first-order chi connectivity index (χ1) is 6.64. The van der Waals surface area contributed by atoms with Gasteiger partial charge in [-0.1, -0.05) is 0 Å². The highest BCUT2D eigenvalue weighted by Crippen LogP contribution is 2.43. The number of rotatable bonds is 1. The first-order valence-corrected chi connectivity index (χ1v) is 5.13. The molecule has 0 aliphatic carbocycles. The molecule has 0 aromatic heterocycles. The topological polar surface area (TPSA) is 49.8 Å². The number of hydrogen-bond acceptors (Lipinski definition) is 3. The van der Waals surface area contributed by atoms with Crippen LogP contribution in [0.3, 0.4) is 0 Å². The first kappa shape index (κ1) is 12.7. The van der Waals surface area contributed by atoms with Gasteiger partial charge < -0.3 is 14.7 Å². The largest absolute Gasteiger partial charge is 0.481 e. The molecule has 0 saturated carbocycles. The summed E-state index contributed by atoms with van der Waals surface area (Å²) < 4.78 is 5.31. The van der Waals surface area contributed by atoms with Gasteiger partial charge in [0.05, 0.1) is 5.92 Å². The van der Waals surface area contributed by atoms with E-state index < -0.39 is 5.97 Å². The lowest BCUT2D eigenvalue weighted by atomic mass is 9.72. The molecule has 15 heavy (non-hydrogen) atoms. The average molecular weight is 236 g/mol. The maximum absolute atomic E-state index is 11.2. The molecular weight excluding hydrogens is 218 g/mol. The van der Waals surface area contributed by atoms with Gasteiger partial charge in [-0.05, 0) is 19.9 Å². The highest BCUT2D eigenvalue weighted by molar-refractivity contribution is 5.85. The predicted octanol–water partition coefficient (Wildman–Crippen LogP) is 0.851. The zero-order valence-corrected chi connectivity index (χ0v) is 9.76. The van der Waals surface area contributed by atoms with Crippen LogP contribution in [0, 0.1) is 11.3 Å². The molecule has 5 heteroatoms. The molecule has 0 radical (unpaired) electrons. The van der Waals surface area contributed by atoms with Crippen LogP contribution in [0.2, 0.25) is 0 Å². The van der Waals surface area contributed by atoms with Gasteiger partial charge in [0, 0.05) is 31.7 Å². The third-order valence-electron chi connectivity index (χ3n) is 3.60. The molecule has 1 N–H and O–H groups in total. The van der Waals surface area contributed by atoms with Crippen molar-refractivity contribution in [1.29, 1.82) is 0 Å². The number of aliphatic carboxylic acids is 1. The highest BCUT2D eigenvalue weighted by atomic mass is 35.5. The quantitative estimate of drug-likeness (QED) is 0.732. The molecule has 1 atom stereocenters. The summed E-state index contributed by atoms with van der Waals surface area (Å²) >= 11 is 0. The van der Waals surface area contributed by atoms with E-state index in [0.717, 1.165) is 32.6 Å². The van der Waals surface area contributed by atoms with Crippen molar-refractivity contribution in [3.8, 4) is 0 Å². The number of nitrogens with zero attached hydrogens (tertiary/aromatic N) is 1. The summed E-state index contributed by atoms with van der Waals surface area (Å²) in [5, 5.41) is 9.18. The Morgan fingerprint density at radius 2 is 2.07 bits per heavy atom. The fourth-order valence-corrected chi connectivity index (χ4v) is 2.84. The van der Waals surface area contributed by atoms with Crippen molar-refractivity contribution in [2.45, 2.75) is 12.8 Å². The predicted molar refractivity (Wildman–Crippen MR) is 58.4 cm³/mol. The van der Waals surface area contributed by atoms with Crippen molar-refractivity contribution in [3.05, 3.63) is 0 Å². The Labute approximate surface area is 96.0 Å². The van der Waals surface area contributed by atoms with E-state index in [0.29, 0.717) is 6.54 Å². The monoisotopic (exact) mass is 235 g/mol. The van der Waals surface area contributed by atoms with E-state index in [1.54, 1.807) is 0 Å². The van der Waals surface area contributed by atoms with Crippen molar-refractivity contribution in [2.24, 2.45) is 11.3 Å². The molecule has 0 aromatic rings. The second-order valence-electron chi connectivity index (χ2n) is 4.56.